The van der Waals surface area contributed by atoms with Crippen molar-refractivity contribution in [2.75, 3.05) is 42.4 Å². The Bertz CT molecular complexity index is 1740. The van der Waals surface area contributed by atoms with E-state index in [1.807, 2.05) is 80.6 Å². The Balaban J connectivity index is 1.32. The van der Waals surface area contributed by atoms with Crippen molar-refractivity contribution in [1.29, 1.82) is 0 Å². The lowest BCUT2D eigenvalue weighted by Gasteiger charge is -2.31. The van der Waals surface area contributed by atoms with E-state index in [4.69, 9.17) is 14.2 Å². The van der Waals surface area contributed by atoms with Crippen LogP contribution in [0.2, 0.25) is 0 Å². The summed E-state index contributed by atoms with van der Waals surface area (Å²) in [4.78, 5) is 40.6. The van der Waals surface area contributed by atoms with Gasteiger partial charge in [0.25, 0.3) is 0 Å². The summed E-state index contributed by atoms with van der Waals surface area (Å²) >= 11 is 0. The molecule has 0 saturated heterocycles. The summed E-state index contributed by atoms with van der Waals surface area (Å²) in [6.45, 7) is 6.82. The molecule has 5 rings (SSSR count). The van der Waals surface area contributed by atoms with E-state index in [0.717, 1.165) is 27.8 Å². The molecule has 0 aromatic heterocycles. The molecule has 4 aromatic carbocycles. The van der Waals surface area contributed by atoms with Crippen molar-refractivity contribution in [2.24, 2.45) is 0 Å². The van der Waals surface area contributed by atoms with Gasteiger partial charge in [-0.1, -0.05) is 54.6 Å². The van der Waals surface area contributed by atoms with Crippen molar-refractivity contribution in [2.45, 2.75) is 39.5 Å². The molecule has 238 valence electrons. The largest absolute Gasteiger partial charge is 0.495 e. The summed E-state index contributed by atoms with van der Waals surface area (Å²) in [6.07, 6.45) is 0.322. The summed E-state index contributed by atoms with van der Waals surface area (Å²) in [5, 5.41) is 5.67. The molecular formula is C37H39N3O6. The smallest absolute Gasteiger partial charge is 0.323 e. The van der Waals surface area contributed by atoms with Crippen LogP contribution in [0.1, 0.15) is 47.1 Å². The van der Waals surface area contributed by atoms with Gasteiger partial charge in [-0.25, -0.2) is 4.79 Å². The minimum Gasteiger partial charge on any atom is -0.495 e. The predicted octanol–water partition coefficient (Wildman–Crippen LogP) is 7.01. The van der Waals surface area contributed by atoms with E-state index in [-0.39, 0.29) is 30.6 Å². The van der Waals surface area contributed by atoms with Gasteiger partial charge >= 0.3 is 12.0 Å². The number of hydrogen-bond donors (Lipinski definition) is 2. The summed E-state index contributed by atoms with van der Waals surface area (Å²) < 4.78 is 16.9. The van der Waals surface area contributed by atoms with Crippen molar-refractivity contribution >= 4 is 35.0 Å². The van der Waals surface area contributed by atoms with Crippen molar-refractivity contribution in [3.63, 3.8) is 0 Å². The number of hydrogen-bond acceptors (Lipinski definition) is 6. The zero-order valence-corrected chi connectivity index (χ0v) is 26.6. The molecule has 1 aliphatic rings. The van der Waals surface area contributed by atoms with Crippen LogP contribution in [0.5, 0.6) is 11.5 Å². The fourth-order valence-electron chi connectivity index (χ4n) is 5.69. The van der Waals surface area contributed by atoms with Gasteiger partial charge in [-0.15, -0.1) is 0 Å². The number of urea groups is 1. The van der Waals surface area contributed by atoms with Gasteiger partial charge in [0.2, 0.25) is 5.91 Å². The summed E-state index contributed by atoms with van der Waals surface area (Å²) in [6, 6.07) is 26.2. The number of esters is 1. The number of aryl methyl sites for hydroxylation is 2. The molecule has 0 aliphatic carbocycles. The van der Waals surface area contributed by atoms with Crippen LogP contribution in [-0.4, -0.2) is 44.8 Å². The highest BCUT2D eigenvalue weighted by Gasteiger charge is 2.27. The quantitative estimate of drug-likeness (QED) is 0.185. The number of fused-ring (bicyclic) bond motifs is 1. The van der Waals surface area contributed by atoms with Gasteiger partial charge < -0.3 is 29.7 Å². The fourth-order valence-corrected chi connectivity index (χ4v) is 5.69. The maximum Gasteiger partial charge on any atom is 0.323 e. The van der Waals surface area contributed by atoms with Crippen LogP contribution in [0.15, 0.2) is 84.9 Å². The fraction of sp³-hybridized carbons (Fsp3) is 0.270. The molecule has 9 nitrogen and oxygen atoms in total. The lowest BCUT2D eigenvalue weighted by atomic mass is 9.85. The summed E-state index contributed by atoms with van der Waals surface area (Å²) in [5.41, 5.74) is 6.60. The van der Waals surface area contributed by atoms with E-state index in [0.29, 0.717) is 48.3 Å². The van der Waals surface area contributed by atoms with Crippen LogP contribution in [0, 0.1) is 13.8 Å². The van der Waals surface area contributed by atoms with Crippen LogP contribution in [-0.2, 0) is 20.7 Å². The number of ether oxygens (including phenoxy) is 3. The normalized spacial score (nSPS) is 12.7. The van der Waals surface area contributed by atoms with Gasteiger partial charge in [-0.2, -0.15) is 0 Å². The number of amides is 3. The third-order valence-corrected chi connectivity index (χ3v) is 8.05. The first kappa shape index (κ1) is 32.1. The highest BCUT2D eigenvalue weighted by Crippen LogP contribution is 2.39. The second-order valence-corrected chi connectivity index (χ2v) is 11.1. The Kier molecular flexibility index (Phi) is 10.2. The van der Waals surface area contributed by atoms with Crippen molar-refractivity contribution in [3.05, 3.63) is 113 Å². The average molecular weight is 622 g/mol. The molecule has 0 saturated carbocycles. The number of nitrogens with one attached hydrogen (secondary N) is 2. The molecule has 1 unspecified atom stereocenters. The highest BCUT2D eigenvalue weighted by atomic mass is 16.5. The Morgan fingerprint density at radius 1 is 0.891 bits per heavy atom. The molecule has 0 fully saturated rings. The zero-order chi connectivity index (χ0) is 32.6. The van der Waals surface area contributed by atoms with Crippen molar-refractivity contribution in [3.8, 4) is 11.5 Å². The average Bonchev–Trinajstić information content (AvgIpc) is 3.05. The second-order valence-electron chi connectivity index (χ2n) is 11.1. The Hall–Kier alpha value is -5.31. The summed E-state index contributed by atoms with van der Waals surface area (Å²) in [7, 11) is 1.52. The molecule has 3 amide bonds. The minimum absolute atomic E-state index is 0.0978. The Morgan fingerprint density at radius 3 is 2.37 bits per heavy atom. The van der Waals surface area contributed by atoms with Crippen LogP contribution >= 0.6 is 0 Å². The highest BCUT2D eigenvalue weighted by molar-refractivity contribution is 6.01. The van der Waals surface area contributed by atoms with Crippen LogP contribution in [0.3, 0.4) is 0 Å². The third kappa shape index (κ3) is 7.48. The number of nitrogens with zero attached hydrogens (tertiary/aromatic N) is 1. The van der Waals surface area contributed by atoms with E-state index in [1.165, 1.54) is 7.11 Å². The number of carbonyl (C=O) groups excluding carboxylic acids is 3. The first-order valence-corrected chi connectivity index (χ1v) is 15.4. The lowest BCUT2D eigenvalue weighted by molar-refractivity contribution is -0.143. The first-order chi connectivity index (χ1) is 22.3. The van der Waals surface area contributed by atoms with Crippen LogP contribution in [0.25, 0.3) is 0 Å². The van der Waals surface area contributed by atoms with Crippen molar-refractivity contribution < 1.29 is 28.6 Å². The van der Waals surface area contributed by atoms with Crippen LogP contribution < -0.4 is 25.0 Å². The molecule has 4 aromatic rings. The third-order valence-electron chi connectivity index (χ3n) is 8.05. The monoisotopic (exact) mass is 621 g/mol. The Labute approximate surface area is 269 Å². The number of anilines is 3. The number of benzene rings is 4. The van der Waals surface area contributed by atoms with E-state index < -0.39 is 6.03 Å². The molecule has 0 bridgehead atoms. The zero-order valence-electron chi connectivity index (χ0n) is 26.6. The van der Waals surface area contributed by atoms with E-state index in [9.17, 15) is 14.4 Å². The number of rotatable bonds is 10. The van der Waals surface area contributed by atoms with Gasteiger partial charge in [-0.05, 0) is 78.9 Å². The predicted molar refractivity (Wildman–Crippen MR) is 179 cm³/mol. The number of para-hydroxylation sites is 1. The van der Waals surface area contributed by atoms with E-state index >= 15 is 0 Å². The molecule has 0 radical (unpaired) electrons. The SMILES string of the molecule is CCOC(=O)CC(c1ccc2c(c1)OCCN2C(=O)Cc1ccc(NC(=O)Nc2ccccc2C)c(OC)c1)c1ccccc1C. The van der Waals surface area contributed by atoms with E-state index in [2.05, 4.69) is 10.6 Å². The molecule has 1 heterocycles. The molecule has 0 spiro atoms. The van der Waals surface area contributed by atoms with Gasteiger partial charge in [0.15, 0.2) is 0 Å². The van der Waals surface area contributed by atoms with Gasteiger partial charge in [-0.3, -0.25) is 9.59 Å². The molecule has 1 aliphatic heterocycles. The molecular weight excluding hydrogens is 582 g/mol. The van der Waals surface area contributed by atoms with Gasteiger partial charge in [0.05, 0.1) is 44.5 Å². The molecule has 9 heteroatoms. The minimum atomic E-state index is -0.396. The molecule has 1 atom stereocenters. The standard InChI is InChI=1S/C37H39N3O6/c1-5-45-36(42)23-29(28-12-8-6-10-24(28)2)27-15-17-32-34(22-27)46-19-18-40(32)35(41)21-26-14-16-31(33(20-26)44-4)39-37(43)38-30-13-9-7-11-25(30)3/h6-17,20,22,29H,5,18-19,21,23H2,1-4H3,(H2,38,39,43). The van der Waals surface area contributed by atoms with Crippen LogP contribution in [0.4, 0.5) is 21.9 Å². The maximum absolute atomic E-state index is 13.6. The van der Waals surface area contributed by atoms with Gasteiger partial charge in [0.1, 0.15) is 18.1 Å². The van der Waals surface area contributed by atoms with Gasteiger partial charge in [0, 0.05) is 11.6 Å². The number of carbonyl (C=O) groups is 3. The summed E-state index contributed by atoms with van der Waals surface area (Å²) in [5.74, 6) is 0.449. The number of methoxy groups -OCH3 is 1. The topological polar surface area (TPSA) is 106 Å². The van der Waals surface area contributed by atoms with Crippen molar-refractivity contribution in [1.82, 2.24) is 0 Å². The molecule has 46 heavy (non-hydrogen) atoms. The first-order valence-electron chi connectivity index (χ1n) is 15.4. The Morgan fingerprint density at radius 2 is 1.63 bits per heavy atom. The molecule has 2 N–H and O–H groups in total. The second kappa shape index (κ2) is 14.6. The van der Waals surface area contributed by atoms with E-state index in [1.54, 1.807) is 30.0 Å². The maximum atomic E-state index is 13.6. The lowest BCUT2D eigenvalue weighted by Crippen LogP contribution is -2.39.